The predicted octanol–water partition coefficient (Wildman–Crippen LogP) is 1.75. The molecule has 0 spiro atoms. The lowest BCUT2D eigenvalue weighted by Gasteiger charge is -2.22. The Morgan fingerprint density at radius 1 is 1.37 bits per heavy atom. The van der Waals surface area contributed by atoms with Crippen LogP contribution in [0.4, 0.5) is 0 Å². The Balaban J connectivity index is 1.97. The Labute approximate surface area is 121 Å². The monoisotopic (exact) mass is 345 g/mol. The molecule has 1 heterocycles. The van der Waals surface area contributed by atoms with Crippen LogP contribution in [0.25, 0.3) is 0 Å². The molecule has 1 aromatic rings. The Morgan fingerprint density at radius 2 is 2.00 bits per heavy atom. The lowest BCUT2D eigenvalue weighted by atomic mass is 10.1. The number of Topliss-reactive ketones (excluding diaryl/α,β-unsaturated/α-hetero) is 1. The first-order valence-electron chi connectivity index (χ1n) is 6.07. The van der Waals surface area contributed by atoms with Gasteiger partial charge in [0.1, 0.15) is 0 Å². The molecule has 1 unspecified atom stereocenters. The van der Waals surface area contributed by atoms with Crippen LogP contribution in [0.1, 0.15) is 16.8 Å². The highest BCUT2D eigenvalue weighted by molar-refractivity contribution is 9.10. The molecule has 0 saturated carbocycles. The molecule has 2 rings (SSSR count). The van der Waals surface area contributed by atoms with Gasteiger partial charge in [0.2, 0.25) is 0 Å². The summed E-state index contributed by atoms with van der Waals surface area (Å²) in [5.74, 6) is 0.408. The lowest BCUT2D eigenvalue weighted by molar-refractivity contribution is 0.0926. The van der Waals surface area contributed by atoms with Gasteiger partial charge in [0, 0.05) is 16.1 Å². The van der Waals surface area contributed by atoms with Crippen molar-refractivity contribution in [3.05, 3.63) is 34.3 Å². The maximum absolute atomic E-state index is 12.1. The highest BCUT2D eigenvalue weighted by atomic mass is 79.9. The normalized spacial score (nSPS) is 21.7. The number of hydrogen-bond acceptors (Lipinski definition) is 4. The fourth-order valence-corrected chi connectivity index (χ4v) is 4.28. The predicted molar refractivity (Wildman–Crippen MR) is 78.2 cm³/mol. The molecule has 1 fully saturated rings. The van der Waals surface area contributed by atoms with Crippen LogP contribution in [0.2, 0.25) is 0 Å². The number of halogens is 1. The SMILES string of the molecule is CN(CC(=O)c1ccc(Br)cc1)C1CCS(=O)(=O)C1. The Morgan fingerprint density at radius 3 is 2.53 bits per heavy atom. The molecule has 0 aromatic heterocycles. The van der Waals surface area contributed by atoms with Crippen molar-refractivity contribution in [2.24, 2.45) is 0 Å². The summed E-state index contributed by atoms with van der Waals surface area (Å²) in [5, 5.41) is 0. The smallest absolute Gasteiger partial charge is 0.176 e. The molecular weight excluding hydrogens is 330 g/mol. The van der Waals surface area contributed by atoms with Gasteiger partial charge in [0.15, 0.2) is 15.6 Å². The van der Waals surface area contributed by atoms with E-state index in [4.69, 9.17) is 0 Å². The van der Waals surface area contributed by atoms with Gasteiger partial charge in [-0.3, -0.25) is 9.69 Å². The van der Waals surface area contributed by atoms with E-state index >= 15 is 0 Å². The van der Waals surface area contributed by atoms with Crippen molar-refractivity contribution >= 4 is 31.6 Å². The summed E-state index contributed by atoms with van der Waals surface area (Å²) in [5.41, 5.74) is 0.649. The van der Waals surface area contributed by atoms with Crippen molar-refractivity contribution in [3.63, 3.8) is 0 Å². The first kappa shape index (κ1) is 14.7. The molecule has 1 saturated heterocycles. The third kappa shape index (κ3) is 3.87. The fraction of sp³-hybridized carbons (Fsp3) is 0.462. The molecule has 1 aliphatic heterocycles. The second kappa shape index (κ2) is 5.73. The molecule has 0 radical (unpaired) electrons. The van der Waals surface area contributed by atoms with Crippen molar-refractivity contribution < 1.29 is 13.2 Å². The zero-order valence-corrected chi connectivity index (χ0v) is 13.1. The van der Waals surface area contributed by atoms with E-state index in [1.807, 2.05) is 24.1 Å². The van der Waals surface area contributed by atoms with Crippen LogP contribution in [0, 0.1) is 0 Å². The Bertz CT molecular complexity index is 568. The average molecular weight is 346 g/mol. The number of ketones is 1. The number of rotatable bonds is 4. The maximum Gasteiger partial charge on any atom is 0.176 e. The van der Waals surface area contributed by atoms with Crippen LogP contribution in [-0.4, -0.2) is 50.2 Å². The Hall–Kier alpha value is -0.720. The van der Waals surface area contributed by atoms with Crippen molar-refractivity contribution in [1.82, 2.24) is 4.90 Å². The number of sulfone groups is 1. The maximum atomic E-state index is 12.1. The van der Waals surface area contributed by atoms with E-state index in [-0.39, 0.29) is 29.9 Å². The molecule has 0 aliphatic carbocycles. The molecular formula is C13H16BrNO3S. The van der Waals surface area contributed by atoms with Crippen molar-refractivity contribution in [3.8, 4) is 0 Å². The first-order valence-corrected chi connectivity index (χ1v) is 8.68. The van der Waals surface area contributed by atoms with Gasteiger partial charge in [-0.1, -0.05) is 28.1 Å². The molecule has 1 aromatic carbocycles. The van der Waals surface area contributed by atoms with Gasteiger partial charge in [0.25, 0.3) is 0 Å². The zero-order chi connectivity index (χ0) is 14.0. The van der Waals surface area contributed by atoms with Crippen LogP contribution in [0.5, 0.6) is 0 Å². The van der Waals surface area contributed by atoms with Crippen LogP contribution in [-0.2, 0) is 9.84 Å². The van der Waals surface area contributed by atoms with E-state index in [9.17, 15) is 13.2 Å². The molecule has 4 nitrogen and oxygen atoms in total. The van der Waals surface area contributed by atoms with Crippen LogP contribution in [0.15, 0.2) is 28.7 Å². The molecule has 1 aliphatic rings. The van der Waals surface area contributed by atoms with Gasteiger partial charge < -0.3 is 0 Å². The van der Waals surface area contributed by atoms with E-state index in [1.165, 1.54) is 0 Å². The number of benzene rings is 1. The number of likely N-dealkylation sites (N-methyl/N-ethyl adjacent to an activating group) is 1. The highest BCUT2D eigenvalue weighted by Gasteiger charge is 2.31. The average Bonchev–Trinajstić information content (AvgIpc) is 2.70. The van der Waals surface area contributed by atoms with E-state index in [0.717, 1.165) is 4.47 Å². The molecule has 1 atom stereocenters. The molecule has 0 amide bonds. The van der Waals surface area contributed by atoms with Crippen LogP contribution >= 0.6 is 15.9 Å². The minimum Gasteiger partial charge on any atom is -0.295 e. The number of carbonyl (C=O) groups excluding carboxylic acids is 1. The summed E-state index contributed by atoms with van der Waals surface area (Å²) < 4.78 is 23.8. The summed E-state index contributed by atoms with van der Waals surface area (Å²) in [6, 6.07) is 7.15. The van der Waals surface area contributed by atoms with Gasteiger partial charge in [-0.15, -0.1) is 0 Å². The van der Waals surface area contributed by atoms with Gasteiger partial charge in [-0.2, -0.15) is 0 Å². The largest absolute Gasteiger partial charge is 0.295 e. The van der Waals surface area contributed by atoms with Gasteiger partial charge in [0.05, 0.1) is 18.1 Å². The fourth-order valence-electron chi connectivity index (χ4n) is 2.21. The molecule has 104 valence electrons. The minimum absolute atomic E-state index is 0.0132. The summed E-state index contributed by atoms with van der Waals surface area (Å²) >= 11 is 3.32. The number of hydrogen-bond donors (Lipinski definition) is 0. The Kier molecular flexibility index (Phi) is 4.43. The topological polar surface area (TPSA) is 54.5 Å². The van der Waals surface area contributed by atoms with E-state index in [2.05, 4.69) is 15.9 Å². The molecule has 19 heavy (non-hydrogen) atoms. The van der Waals surface area contributed by atoms with Crippen molar-refractivity contribution in [2.75, 3.05) is 25.1 Å². The van der Waals surface area contributed by atoms with Gasteiger partial charge in [-0.25, -0.2) is 8.42 Å². The van der Waals surface area contributed by atoms with E-state index in [1.54, 1.807) is 12.1 Å². The van der Waals surface area contributed by atoms with Gasteiger partial charge in [-0.05, 0) is 25.6 Å². The number of carbonyl (C=O) groups is 1. The van der Waals surface area contributed by atoms with Crippen LogP contribution in [0.3, 0.4) is 0 Å². The van der Waals surface area contributed by atoms with Crippen molar-refractivity contribution in [1.29, 1.82) is 0 Å². The zero-order valence-electron chi connectivity index (χ0n) is 10.7. The lowest BCUT2D eigenvalue weighted by Crippen LogP contribution is -2.36. The van der Waals surface area contributed by atoms with Gasteiger partial charge >= 0.3 is 0 Å². The standard InChI is InChI=1S/C13H16BrNO3S/c1-15(12-6-7-19(17,18)9-12)8-13(16)10-2-4-11(14)5-3-10/h2-5,12H,6-9H2,1H3. The molecule has 0 N–H and O–H groups in total. The minimum atomic E-state index is -2.91. The van der Waals surface area contributed by atoms with E-state index < -0.39 is 9.84 Å². The third-order valence-electron chi connectivity index (χ3n) is 3.39. The summed E-state index contributed by atoms with van der Waals surface area (Å²) in [6.45, 7) is 0.252. The second-order valence-corrected chi connectivity index (χ2v) is 8.05. The summed E-state index contributed by atoms with van der Waals surface area (Å²) in [7, 11) is -1.10. The third-order valence-corrected chi connectivity index (χ3v) is 5.67. The van der Waals surface area contributed by atoms with E-state index in [0.29, 0.717) is 12.0 Å². The second-order valence-electron chi connectivity index (χ2n) is 4.90. The summed E-state index contributed by atoms with van der Waals surface area (Å²) in [6.07, 6.45) is 0.618. The van der Waals surface area contributed by atoms with Crippen molar-refractivity contribution in [2.45, 2.75) is 12.5 Å². The molecule has 0 bridgehead atoms. The van der Waals surface area contributed by atoms with Crippen LogP contribution < -0.4 is 0 Å². The number of nitrogens with zero attached hydrogens (tertiary/aromatic N) is 1. The first-order chi connectivity index (χ1) is 8.87. The highest BCUT2D eigenvalue weighted by Crippen LogP contribution is 2.17. The summed E-state index contributed by atoms with van der Waals surface area (Å²) in [4.78, 5) is 13.9. The quantitative estimate of drug-likeness (QED) is 0.780. The molecule has 6 heteroatoms.